The van der Waals surface area contributed by atoms with E-state index in [-0.39, 0.29) is 28.0 Å². The Kier molecular flexibility index (Phi) is 5.15. The predicted octanol–water partition coefficient (Wildman–Crippen LogP) is 2.53. The van der Waals surface area contributed by atoms with Crippen molar-refractivity contribution in [3.8, 4) is 0 Å². The standard InChI is InChI=1S/C19H22F2N4O2S/c1-11-16(22)19(10-27-11)5-7-25(8-6-19)17-18(26)24-14(9-23-17)28-13-4-2-3-12(20)15(13)21/h2-4,9,11,16H,5-8,10,22H2,1H3,(H,24,26)/t11-,16+/m0/s1. The van der Waals surface area contributed by atoms with Gasteiger partial charge in [-0.1, -0.05) is 17.8 Å². The molecular formula is C19H22F2N4O2S. The summed E-state index contributed by atoms with van der Waals surface area (Å²) in [5, 5.41) is 0.353. The van der Waals surface area contributed by atoms with Crippen LogP contribution >= 0.6 is 11.8 Å². The first kappa shape index (κ1) is 19.4. The van der Waals surface area contributed by atoms with Crippen LogP contribution in [-0.4, -0.2) is 41.8 Å². The van der Waals surface area contributed by atoms with Gasteiger partial charge in [0, 0.05) is 24.5 Å². The number of aromatic nitrogens is 2. The molecule has 2 atom stereocenters. The quantitative estimate of drug-likeness (QED) is 0.812. The lowest BCUT2D eigenvalue weighted by molar-refractivity contribution is 0.0974. The van der Waals surface area contributed by atoms with E-state index in [1.54, 1.807) is 0 Å². The van der Waals surface area contributed by atoms with Crippen LogP contribution in [0.5, 0.6) is 0 Å². The van der Waals surface area contributed by atoms with Gasteiger partial charge in [0.25, 0.3) is 5.56 Å². The highest BCUT2D eigenvalue weighted by atomic mass is 32.2. The third kappa shape index (κ3) is 3.42. The number of rotatable bonds is 3. The molecule has 1 aromatic carbocycles. The van der Waals surface area contributed by atoms with Crippen LogP contribution in [-0.2, 0) is 4.74 Å². The Morgan fingerprint density at radius 3 is 2.75 bits per heavy atom. The number of benzene rings is 1. The van der Waals surface area contributed by atoms with Crippen LogP contribution < -0.4 is 16.2 Å². The molecule has 0 unspecified atom stereocenters. The van der Waals surface area contributed by atoms with Crippen molar-refractivity contribution in [1.82, 2.24) is 9.97 Å². The molecule has 0 amide bonds. The average molecular weight is 408 g/mol. The topological polar surface area (TPSA) is 84.2 Å². The van der Waals surface area contributed by atoms with Gasteiger partial charge in [-0.3, -0.25) is 4.79 Å². The van der Waals surface area contributed by atoms with Crippen LogP contribution in [0.4, 0.5) is 14.6 Å². The molecule has 4 rings (SSSR count). The van der Waals surface area contributed by atoms with Gasteiger partial charge in [0.1, 0.15) is 0 Å². The summed E-state index contributed by atoms with van der Waals surface area (Å²) >= 11 is 0.929. The highest BCUT2D eigenvalue weighted by Crippen LogP contribution is 2.41. The molecule has 0 saturated carbocycles. The van der Waals surface area contributed by atoms with Crippen molar-refractivity contribution in [3.63, 3.8) is 0 Å². The van der Waals surface area contributed by atoms with Crippen molar-refractivity contribution >= 4 is 17.6 Å². The van der Waals surface area contributed by atoms with E-state index in [1.165, 1.54) is 18.3 Å². The minimum Gasteiger partial charge on any atom is -0.376 e. The summed E-state index contributed by atoms with van der Waals surface area (Å²) in [4.78, 5) is 21.5. The largest absolute Gasteiger partial charge is 0.376 e. The van der Waals surface area contributed by atoms with E-state index in [9.17, 15) is 13.6 Å². The van der Waals surface area contributed by atoms with Crippen molar-refractivity contribution in [3.05, 3.63) is 46.4 Å². The van der Waals surface area contributed by atoms with Crippen molar-refractivity contribution in [2.45, 2.75) is 41.8 Å². The van der Waals surface area contributed by atoms with E-state index in [0.717, 1.165) is 30.7 Å². The number of piperidine rings is 1. The van der Waals surface area contributed by atoms with Crippen LogP contribution in [0.15, 0.2) is 39.1 Å². The number of anilines is 1. The zero-order valence-electron chi connectivity index (χ0n) is 15.5. The van der Waals surface area contributed by atoms with Gasteiger partial charge in [-0.05, 0) is 31.9 Å². The van der Waals surface area contributed by atoms with Crippen molar-refractivity contribution in [2.24, 2.45) is 11.1 Å². The number of H-pyrrole nitrogens is 1. The monoisotopic (exact) mass is 408 g/mol. The van der Waals surface area contributed by atoms with Gasteiger partial charge < -0.3 is 20.4 Å². The Balaban J connectivity index is 1.47. The van der Waals surface area contributed by atoms with Gasteiger partial charge in [-0.25, -0.2) is 13.8 Å². The third-order valence-corrected chi connectivity index (χ3v) is 6.75. The molecule has 3 heterocycles. The molecule has 150 valence electrons. The molecule has 0 radical (unpaired) electrons. The van der Waals surface area contributed by atoms with E-state index in [1.807, 2.05) is 11.8 Å². The summed E-state index contributed by atoms with van der Waals surface area (Å²) in [7, 11) is 0. The first-order chi connectivity index (χ1) is 13.4. The first-order valence-electron chi connectivity index (χ1n) is 9.23. The van der Waals surface area contributed by atoms with E-state index < -0.39 is 11.6 Å². The Bertz CT molecular complexity index is 930. The minimum atomic E-state index is -0.942. The van der Waals surface area contributed by atoms with E-state index in [0.29, 0.717) is 30.5 Å². The van der Waals surface area contributed by atoms with Crippen molar-refractivity contribution < 1.29 is 13.5 Å². The molecule has 2 aliphatic heterocycles. The summed E-state index contributed by atoms with van der Waals surface area (Å²) in [6.07, 6.45) is 3.20. The molecule has 0 bridgehead atoms. The fraction of sp³-hybridized carbons (Fsp3) is 0.474. The first-order valence-corrected chi connectivity index (χ1v) is 10.0. The molecule has 2 fully saturated rings. The Labute approximate surface area is 165 Å². The number of hydrogen-bond donors (Lipinski definition) is 2. The van der Waals surface area contributed by atoms with Crippen molar-refractivity contribution in [2.75, 3.05) is 24.6 Å². The van der Waals surface area contributed by atoms with Gasteiger partial charge in [-0.15, -0.1) is 0 Å². The Morgan fingerprint density at radius 2 is 2.11 bits per heavy atom. The van der Waals surface area contributed by atoms with E-state index >= 15 is 0 Å². The lowest BCUT2D eigenvalue weighted by Gasteiger charge is -2.41. The molecule has 3 N–H and O–H groups in total. The van der Waals surface area contributed by atoms with Crippen LogP contribution in [0.2, 0.25) is 0 Å². The maximum absolute atomic E-state index is 13.8. The lowest BCUT2D eigenvalue weighted by Crippen LogP contribution is -2.51. The molecule has 1 aromatic heterocycles. The highest BCUT2D eigenvalue weighted by molar-refractivity contribution is 7.99. The fourth-order valence-corrected chi connectivity index (χ4v) is 4.79. The van der Waals surface area contributed by atoms with Crippen LogP contribution in [0.25, 0.3) is 0 Å². The van der Waals surface area contributed by atoms with Crippen LogP contribution in [0.1, 0.15) is 19.8 Å². The minimum absolute atomic E-state index is 0.000772. The zero-order valence-corrected chi connectivity index (χ0v) is 16.3. The Morgan fingerprint density at radius 1 is 1.36 bits per heavy atom. The summed E-state index contributed by atoms with van der Waals surface area (Å²) in [6.45, 7) is 3.99. The number of ether oxygens (including phenoxy) is 1. The summed E-state index contributed by atoms with van der Waals surface area (Å²) in [5.74, 6) is -1.54. The summed E-state index contributed by atoms with van der Waals surface area (Å²) in [6, 6.07) is 3.92. The smallest absolute Gasteiger partial charge is 0.291 e. The second-order valence-electron chi connectivity index (χ2n) is 7.45. The highest BCUT2D eigenvalue weighted by Gasteiger charge is 2.47. The summed E-state index contributed by atoms with van der Waals surface area (Å²) in [5.41, 5.74) is 5.95. The average Bonchev–Trinajstić information content (AvgIpc) is 2.95. The maximum Gasteiger partial charge on any atom is 0.291 e. The van der Waals surface area contributed by atoms with Gasteiger partial charge >= 0.3 is 0 Å². The van der Waals surface area contributed by atoms with Crippen molar-refractivity contribution in [1.29, 1.82) is 0 Å². The third-order valence-electron chi connectivity index (χ3n) is 5.79. The Hall–Kier alpha value is -1.97. The molecule has 0 aliphatic carbocycles. The molecular weight excluding hydrogens is 386 g/mol. The molecule has 28 heavy (non-hydrogen) atoms. The second kappa shape index (κ2) is 7.46. The number of nitrogens with zero attached hydrogens (tertiary/aromatic N) is 2. The van der Waals surface area contributed by atoms with E-state index in [2.05, 4.69) is 9.97 Å². The number of aromatic amines is 1. The maximum atomic E-state index is 13.8. The van der Waals surface area contributed by atoms with Crippen LogP contribution in [0, 0.1) is 17.0 Å². The number of nitrogens with two attached hydrogens (primary N) is 1. The van der Waals surface area contributed by atoms with Gasteiger partial charge in [0.15, 0.2) is 17.5 Å². The zero-order chi connectivity index (χ0) is 19.9. The molecule has 2 aliphatic rings. The molecule has 2 aromatic rings. The lowest BCUT2D eigenvalue weighted by atomic mass is 9.73. The second-order valence-corrected chi connectivity index (χ2v) is 8.53. The molecule has 9 heteroatoms. The SMILES string of the molecule is C[C@@H]1OCC2(CCN(c3ncc(Sc4cccc(F)c4F)[nH]c3=O)CC2)[C@@H]1N. The summed E-state index contributed by atoms with van der Waals surface area (Å²) < 4.78 is 32.9. The molecule has 1 spiro atoms. The van der Waals surface area contributed by atoms with E-state index in [4.69, 9.17) is 10.5 Å². The number of halogens is 2. The fourth-order valence-electron chi connectivity index (χ4n) is 3.97. The number of nitrogens with one attached hydrogen (secondary N) is 1. The van der Waals surface area contributed by atoms with Gasteiger partial charge in [0.05, 0.1) is 28.8 Å². The number of hydrogen-bond acceptors (Lipinski definition) is 6. The molecule has 2 saturated heterocycles. The van der Waals surface area contributed by atoms with Gasteiger partial charge in [-0.2, -0.15) is 0 Å². The molecule has 6 nitrogen and oxygen atoms in total. The predicted molar refractivity (Wildman–Crippen MR) is 103 cm³/mol. The van der Waals surface area contributed by atoms with Gasteiger partial charge in [0.2, 0.25) is 0 Å². The normalized spacial score (nSPS) is 24.1. The van der Waals surface area contributed by atoms with Crippen LogP contribution in [0.3, 0.4) is 0 Å².